The van der Waals surface area contributed by atoms with Crippen molar-refractivity contribution in [2.75, 3.05) is 13.2 Å². The highest BCUT2D eigenvalue weighted by Crippen LogP contribution is 2.47. The van der Waals surface area contributed by atoms with Crippen LogP contribution in [0.5, 0.6) is 0 Å². The van der Waals surface area contributed by atoms with E-state index in [1.165, 1.54) is 122 Å². The first-order chi connectivity index (χ1) is 27.4. The minimum absolute atomic E-state index is 0.103. The van der Waals surface area contributed by atoms with Gasteiger partial charge in [-0.2, -0.15) is 0 Å². The lowest BCUT2D eigenvalue weighted by Crippen LogP contribution is -2.64. The summed E-state index contributed by atoms with van der Waals surface area (Å²) in [6, 6.07) is 0. The molecule has 0 saturated heterocycles. The molecule has 0 aromatic rings. The summed E-state index contributed by atoms with van der Waals surface area (Å²) < 4.78 is 33.5. The van der Waals surface area contributed by atoms with E-state index < -0.39 is 75.7 Å². The molecule has 6 unspecified atom stereocenters. The van der Waals surface area contributed by atoms with Crippen LogP contribution in [0, 0.1) is 0 Å². The fraction of sp³-hybridized carbons (Fsp3) is 0.953. The molecule has 0 radical (unpaired) electrons. The molecule has 8 atom stereocenters. The lowest BCUT2D eigenvalue weighted by molar-refractivity contribution is -0.220. The zero-order valence-electron chi connectivity index (χ0n) is 35.7. The Hall–Kier alpha value is -1.15. The number of rotatable bonds is 38. The van der Waals surface area contributed by atoms with Crippen LogP contribution in [0.4, 0.5) is 0 Å². The summed E-state index contributed by atoms with van der Waals surface area (Å²) in [5, 5.41) is 50.0. The van der Waals surface area contributed by atoms with E-state index in [-0.39, 0.29) is 12.8 Å². The maximum Gasteiger partial charge on any atom is 0.472 e. The van der Waals surface area contributed by atoms with Crippen molar-refractivity contribution in [2.45, 2.75) is 249 Å². The minimum atomic E-state index is -5.10. The fourth-order valence-electron chi connectivity index (χ4n) is 7.23. The van der Waals surface area contributed by atoms with Crippen molar-refractivity contribution in [3.63, 3.8) is 0 Å². The second-order valence-corrected chi connectivity index (χ2v) is 17.7. The van der Waals surface area contributed by atoms with Crippen molar-refractivity contribution in [1.82, 2.24) is 0 Å². The van der Waals surface area contributed by atoms with Crippen LogP contribution >= 0.6 is 7.82 Å². The Balaban J connectivity index is 2.40. The van der Waals surface area contributed by atoms with E-state index >= 15 is 0 Å². The van der Waals surface area contributed by atoms with Crippen LogP contribution < -0.4 is 0 Å². The van der Waals surface area contributed by atoms with Crippen molar-refractivity contribution < 1.29 is 63.1 Å². The van der Waals surface area contributed by atoms with Gasteiger partial charge in [0.15, 0.2) is 6.10 Å². The number of phosphoric ester groups is 1. The number of hydrogen-bond acceptors (Lipinski definition) is 12. The lowest BCUT2D eigenvalue weighted by Gasteiger charge is -2.41. The molecule has 14 heteroatoms. The number of aliphatic hydroxyl groups excluding tert-OH is 5. The molecule has 1 saturated carbocycles. The molecule has 1 rings (SSSR count). The van der Waals surface area contributed by atoms with Crippen LogP contribution in [0.15, 0.2) is 0 Å². The smallest absolute Gasteiger partial charge is 0.462 e. The van der Waals surface area contributed by atoms with Gasteiger partial charge in [0.25, 0.3) is 0 Å². The zero-order valence-corrected chi connectivity index (χ0v) is 36.6. The number of carbonyl (C=O) groups excluding carboxylic acids is 2. The largest absolute Gasteiger partial charge is 0.472 e. The van der Waals surface area contributed by atoms with Crippen LogP contribution in [0.2, 0.25) is 0 Å². The molecular weight excluding hydrogens is 755 g/mol. The van der Waals surface area contributed by atoms with Crippen molar-refractivity contribution in [2.24, 2.45) is 0 Å². The first kappa shape index (κ1) is 53.9. The molecule has 0 amide bonds. The average Bonchev–Trinajstić information content (AvgIpc) is 3.19. The standard InChI is InChI=1S/C43H83O13P/c1-3-5-7-9-11-13-15-16-17-18-19-20-21-22-24-25-27-29-31-36(44)53-33-35(55-37(45)32-30-28-26-23-14-12-10-8-6-4-2)34-54-57(51,52)56-43-41(49)39(47)38(46)40(48)42(43)50/h35,38-43,46-50H,3-34H2,1-2H3,(H,51,52)/t35-,38?,39-,40?,41?,42?,43?/m1/s1. The van der Waals surface area contributed by atoms with Gasteiger partial charge in [-0.1, -0.05) is 181 Å². The molecule has 0 bridgehead atoms. The Morgan fingerprint density at radius 1 is 0.474 bits per heavy atom. The quantitative estimate of drug-likeness (QED) is 0.0196. The maximum absolute atomic E-state index is 12.8. The summed E-state index contributed by atoms with van der Waals surface area (Å²) in [4.78, 5) is 35.6. The minimum Gasteiger partial charge on any atom is -0.462 e. The second-order valence-electron chi connectivity index (χ2n) is 16.3. The molecule has 338 valence electrons. The Morgan fingerprint density at radius 2 is 0.789 bits per heavy atom. The van der Waals surface area contributed by atoms with E-state index in [4.69, 9.17) is 18.5 Å². The lowest BCUT2D eigenvalue weighted by atomic mass is 9.85. The Bertz CT molecular complexity index is 1020. The van der Waals surface area contributed by atoms with Gasteiger partial charge in [0.2, 0.25) is 0 Å². The Kier molecular flexibility index (Phi) is 32.7. The number of ether oxygens (including phenoxy) is 2. The molecule has 6 N–H and O–H groups in total. The number of phosphoric acid groups is 1. The maximum atomic E-state index is 12.8. The monoisotopic (exact) mass is 839 g/mol. The van der Waals surface area contributed by atoms with E-state index in [1.807, 2.05) is 0 Å². The normalized spacial score (nSPS) is 22.6. The number of hydrogen-bond donors (Lipinski definition) is 6. The third-order valence-corrected chi connectivity index (χ3v) is 11.9. The highest BCUT2D eigenvalue weighted by atomic mass is 31.2. The van der Waals surface area contributed by atoms with Crippen molar-refractivity contribution in [3.05, 3.63) is 0 Å². The van der Waals surface area contributed by atoms with Crippen LogP contribution in [0.1, 0.15) is 206 Å². The average molecular weight is 839 g/mol. The molecule has 0 aromatic heterocycles. The number of aliphatic hydroxyl groups is 5. The van der Waals surface area contributed by atoms with Crippen LogP contribution in [0.25, 0.3) is 0 Å². The third-order valence-electron chi connectivity index (χ3n) is 10.9. The summed E-state index contributed by atoms with van der Waals surface area (Å²) in [6.45, 7) is 3.29. The molecule has 0 spiro atoms. The predicted molar refractivity (Wildman–Crippen MR) is 221 cm³/mol. The summed E-state index contributed by atoms with van der Waals surface area (Å²) in [5.41, 5.74) is 0. The van der Waals surface area contributed by atoms with Gasteiger partial charge in [0.05, 0.1) is 6.61 Å². The molecule has 0 aromatic carbocycles. The second kappa shape index (κ2) is 34.6. The van der Waals surface area contributed by atoms with E-state index in [0.29, 0.717) is 12.8 Å². The molecule has 57 heavy (non-hydrogen) atoms. The van der Waals surface area contributed by atoms with Crippen LogP contribution in [-0.4, -0.2) is 98.3 Å². The predicted octanol–water partition coefficient (Wildman–Crippen LogP) is 8.50. The van der Waals surface area contributed by atoms with Gasteiger partial charge in [-0.05, 0) is 12.8 Å². The van der Waals surface area contributed by atoms with E-state index in [9.17, 15) is 44.6 Å². The molecule has 0 heterocycles. The Labute approximate surface area is 344 Å². The topological polar surface area (TPSA) is 210 Å². The molecule has 1 fully saturated rings. The van der Waals surface area contributed by atoms with Gasteiger partial charge in [-0.25, -0.2) is 4.57 Å². The van der Waals surface area contributed by atoms with Crippen LogP contribution in [0.3, 0.4) is 0 Å². The van der Waals surface area contributed by atoms with Crippen molar-refractivity contribution in [1.29, 1.82) is 0 Å². The summed E-state index contributed by atoms with van der Waals surface area (Å²) in [7, 11) is -5.10. The van der Waals surface area contributed by atoms with Crippen LogP contribution in [-0.2, 0) is 32.7 Å². The number of carbonyl (C=O) groups is 2. The number of unbranched alkanes of at least 4 members (excludes halogenated alkanes) is 26. The van der Waals surface area contributed by atoms with E-state index in [1.54, 1.807) is 0 Å². The molecule has 1 aliphatic carbocycles. The van der Waals surface area contributed by atoms with Gasteiger partial charge < -0.3 is 39.9 Å². The third kappa shape index (κ3) is 27.3. The summed E-state index contributed by atoms with van der Waals surface area (Å²) in [5.74, 6) is -1.09. The van der Waals surface area contributed by atoms with Crippen molar-refractivity contribution in [3.8, 4) is 0 Å². The van der Waals surface area contributed by atoms with Crippen molar-refractivity contribution >= 4 is 19.8 Å². The summed E-state index contributed by atoms with van der Waals surface area (Å²) in [6.07, 6.45) is 20.3. The summed E-state index contributed by atoms with van der Waals surface area (Å²) >= 11 is 0. The van der Waals surface area contributed by atoms with E-state index in [2.05, 4.69) is 13.8 Å². The molecule has 1 aliphatic rings. The fourth-order valence-corrected chi connectivity index (χ4v) is 8.20. The highest BCUT2D eigenvalue weighted by molar-refractivity contribution is 7.47. The van der Waals surface area contributed by atoms with Gasteiger partial charge >= 0.3 is 19.8 Å². The highest BCUT2D eigenvalue weighted by Gasteiger charge is 2.51. The van der Waals surface area contributed by atoms with E-state index in [0.717, 1.165) is 44.9 Å². The van der Waals surface area contributed by atoms with Gasteiger partial charge in [0.1, 0.15) is 43.2 Å². The molecular formula is C43H83O13P. The Morgan fingerprint density at radius 3 is 1.16 bits per heavy atom. The van der Waals surface area contributed by atoms with Gasteiger partial charge in [0, 0.05) is 12.8 Å². The zero-order chi connectivity index (χ0) is 42.2. The van der Waals surface area contributed by atoms with Gasteiger partial charge in [-0.3, -0.25) is 18.6 Å². The first-order valence-electron chi connectivity index (χ1n) is 22.8. The van der Waals surface area contributed by atoms with Gasteiger partial charge in [-0.15, -0.1) is 0 Å². The SMILES string of the molecule is CCCCCCCCCCCCCCCCCCCCC(=O)OC[C@H](COP(=O)(O)OC1C(O)C(O)C(O)[C@@H](O)C1O)OC(=O)CCCCCCCCCCCC. The number of esters is 2. The molecule has 13 nitrogen and oxygen atoms in total. The first-order valence-corrected chi connectivity index (χ1v) is 24.3. The molecule has 0 aliphatic heterocycles.